The zero-order valence-corrected chi connectivity index (χ0v) is 11.1. The van der Waals surface area contributed by atoms with Gasteiger partial charge in [-0.15, -0.1) is 0 Å². The van der Waals surface area contributed by atoms with Gasteiger partial charge in [-0.05, 0) is 27.2 Å². The van der Waals surface area contributed by atoms with Crippen molar-refractivity contribution in [2.24, 2.45) is 0 Å². The fourth-order valence-corrected chi connectivity index (χ4v) is 1.95. The highest BCUT2D eigenvalue weighted by molar-refractivity contribution is 7.90. The zero-order valence-electron chi connectivity index (χ0n) is 10.3. The van der Waals surface area contributed by atoms with E-state index >= 15 is 0 Å². The van der Waals surface area contributed by atoms with E-state index in [0.29, 0.717) is 12.8 Å². The largest absolute Gasteiger partial charge is 0.480 e. The molecule has 0 fully saturated rings. The lowest BCUT2D eigenvalue weighted by molar-refractivity contribution is -0.139. The van der Waals surface area contributed by atoms with Crippen molar-refractivity contribution in [1.82, 2.24) is 4.72 Å². The summed E-state index contributed by atoms with van der Waals surface area (Å²) in [4.78, 5) is 10.9. The SMILES string of the molecule is CCCC[C@H](NS(=O)(=O)C(C)(C)C)C(=O)O. The van der Waals surface area contributed by atoms with E-state index < -0.39 is 26.8 Å². The Labute approximate surface area is 97.3 Å². The van der Waals surface area contributed by atoms with Crippen LogP contribution >= 0.6 is 0 Å². The van der Waals surface area contributed by atoms with E-state index in [1.165, 1.54) is 20.8 Å². The molecule has 0 bridgehead atoms. The minimum Gasteiger partial charge on any atom is -0.480 e. The number of carboxylic acid groups (broad SMARTS) is 1. The first kappa shape index (κ1) is 15.4. The van der Waals surface area contributed by atoms with Crippen LogP contribution in [0.5, 0.6) is 0 Å². The maximum Gasteiger partial charge on any atom is 0.321 e. The number of hydrogen-bond acceptors (Lipinski definition) is 3. The molecular weight excluding hydrogens is 230 g/mol. The molecule has 0 heterocycles. The van der Waals surface area contributed by atoms with Gasteiger partial charge in [0.2, 0.25) is 10.0 Å². The van der Waals surface area contributed by atoms with Gasteiger partial charge in [0.25, 0.3) is 0 Å². The monoisotopic (exact) mass is 251 g/mol. The third kappa shape index (κ3) is 4.49. The number of aliphatic carboxylic acids is 1. The molecule has 0 saturated carbocycles. The molecule has 1 atom stereocenters. The second-order valence-electron chi connectivity index (χ2n) is 4.77. The molecule has 5 nitrogen and oxygen atoms in total. The number of unbranched alkanes of at least 4 members (excludes halogenated alkanes) is 1. The fraction of sp³-hybridized carbons (Fsp3) is 0.900. The molecule has 0 unspecified atom stereocenters. The minimum absolute atomic E-state index is 0.321. The summed E-state index contributed by atoms with van der Waals surface area (Å²) in [7, 11) is -3.60. The summed E-state index contributed by atoms with van der Waals surface area (Å²) >= 11 is 0. The molecule has 0 amide bonds. The predicted molar refractivity (Wildman–Crippen MR) is 62.8 cm³/mol. The lowest BCUT2D eigenvalue weighted by atomic mass is 10.1. The number of carboxylic acids is 1. The van der Waals surface area contributed by atoms with Crippen molar-refractivity contribution in [3.05, 3.63) is 0 Å². The van der Waals surface area contributed by atoms with Crippen LogP contribution in [0.3, 0.4) is 0 Å². The fourth-order valence-electron chi connectivity index (χ4n) is 1.01. The van der Waals surface area contributed by atoms with Gasteiger partial charge in [-0.25, -0.2) is 13.1 Å². The van der Waals surface area contributed by atoms with E-state index in [9.17, 15) is 13.2 Å². The van der Waals surface area contributed by atoms with Gasteiger partial charge in [0, 0.05) is 0 Å². The lowest BCUT2D eigenvalue weighted by Crippen LogP contribution is -2.47. The van der Waals surface area contributed by atoms with Crippen LogP contribution < -0.4 is 4.72 Å². The Morgan fingerprint density at radius 3 is 2.19 bits per heavy atom. The van der Waals surface area contributed by atoms with Crippen LogP contribution in [-0.2, 0) is 14.8 Å². The highest BCUT2D eigenvalue weighted by Gasteiger charge is 2.33. The summed E-state index contributed by atoms with van der Waals surface area (Å²) in [5.74, 6) is -1.12. The van der Waals surface area contributed by atoms with Crippen molar-refractivity contribution in [2.75, 3.05) is 0 Å². The molecule has 0 aliphatic rings. The Bertz CT molecular complexity index is 329. The van der Waals surface area contributed by atoms with E-state index in [1.807, 2.05) is 6.92 Å². The molecule has 0 aliphatic carbocycles. The summed E-state index contributed by atoms with van der Waals surface area (Å²) < 4.78 is 24.8. The average molecular weight is 251 g/mol. The maximum absolute atomic E-state index is 11.8. The van der Waals surface area contributed by atoms with Crippen molar-refractivity contribution in [2.45, 2.75) is 57.7 Å². The third-order valence-electron chi connectivity index (χ3n) is 2.25. The van der Waals surface area contributed by atoms with Gasteiger partial charge in [0.15, 0.2) is 0 Å². The smallest absolute Gasteiger partial charge is 0.321 e. The van der Waals surface area contributed by atoms with Crippen molar-refractivity contribution in [3.63, 3.8) is 0 Å². The highest BCUT2D eigenvalue weighted by Crippen LogP contribution is 2.15. The Kier molecular flexibility index (Phi) is 5.41. The van der Waals surface area contributed by atoms with Gasteiger partial charge in [-0.2, -0.15) is 0 Å². The van der Waals surface area contributed by atoms with Crippen LogP contribution in [0.15, 0.2) is 0 Å². The second kappa shape index (κ2) is 5.63. The quantitative estimate of drug-likeness (QED) is 0.746. The van der Waals surface area contributed by atoms with Crippen LogP contribution in [0.2, 0.25) is 0 Å². The second-order valence-corrected chi connectivity index (χ2v) is 7.23. The van der Waals surface area contributed by atoms with Gasteiger partial charge in [-0.1, -0.05) is 19.8 Å². The van der Waals surface area contributed by atoms with E-state index in [4.69, 9.17) is 5.11 Å². The molecule has 6 heteroatoms. The molecule has 0 aliphatic heterocycles. The van der Waals surface area contributed by atoms with Gasteiger partial charge in [0.05, 0.1) is 4.75 Å². The molecule has 0 aromatic heterocycles. The topological polar surface area (TPSA) is 83.5 Å². The van der Waals surface area contributed by atoms with E-state index in [1.54, 1.807) is 0 Å². The Morgan fingerprint density at radius 1 is 1.38 bits per heavy atom. The van der Waals surface area contributed by atoms with Gasteiger partial charge in [0.1, 0.15) is 6.04 Å². The molecule has 16 heavy (non-hydrogen) atoms. The number of rotatable bonds is 6. The van der Waals surface area contributed by atoms with E-state index in [-0.39, 0.29) is 0 Å². The Morgan fingerprint density at radius 2 is 1.88 bits per heavy atom. The minimum atomic E-state index is -3.60. The number of sulfonamides is 1. The van der Waals surface area contributed by atoms with Gasteiger partial charge >= 0.3 is 5.97 Å². The molecule has 0 aromatic rings. The highest BCUT2D eigenvalue weighted by atomic mass is 32.2. The summed E-state index contributed by atoms with van der Waals surface area (Å²) in [5, 5.41) is 8.90. The van der Waals surface area contributed by atoms with Crippen molar-refractivity contribution in [3.8, 4) is 0 Å². The first-order valence-electron chi connectivity index (χ1n) is 5.36. The van der Waals surface area contributed by atoms with Crippen molar-refractivity contribution < 1.29 is 18.3 Å². The number of nitrogens with one attached hydrogen (secondary N) is 1. The number of hydrogen-bond donors (Lipinski definition) is 2. The molecule has 0 spiro atoms. The van der Waals surface area contributed by atoms with E-state index in [2.05, 4.69) is 4.72 Å². The first-order valence-corrected chi connectivity index (χ1v) is 6.85. The molecule has 2 N–H and O–H groups in total. The van der Waals surface area contributed by atoms with Crippen LogP contribution in [0.25, 0.3) is 0 Å². The van der Waals surface area contributed by atoms with Crippen molar-refractivity contribution in [1.29, 1.82) is 0 Å². The molecular formula is C10H21NO4S. The zero-order chi connectivity index (χ0) is 13.0. The average Bonchev–Trinajstić information content (AvgIpc) is 2.09. The van der Waals surface area contributed by atoms with Crippen LogP contribution in [0.4, 0.5) is 0 Å². The Hall–Kier alpha value is -0.620. The molecule has 0 radical (unpaired) electrons. The summed E-state index contributed by atoms with van der Waals surface area (Å²) in [6, 6.07) is -1.02. The Balaban J connectivity index is 4.71. The van der Waals surface area contributed by atoms with E-state index in [0.717, 1.165) is 6.42 Å². The first-order chi connectivity index (χ1) is 7.12. The van der Waals surface area contributed by atoms with Crippen molar-refractivity contribution >= 4 is 16.0 Å². The molecule has 0 saturated heterocycles. The molecule has 0 rings (SSSR count). The third-order valence-corrected chi connectivity index (χ3v) is 4.46. The van der Waals surface area contributed by atoms with Gasteiger partial charge in [-0.3, -0.25) is 4.79 Å². The van der Waals surface area contributed by atoms with Crippen LogP contribution in [-0.4, -0.2) is 30.3 Å². The summed E-state index contributed by atoms with van der Waals surface area (Å²) in [6.07, 6.45) is 1.84. The molecule has 96 valence electrons. The number of carbonyl (C=O) groups is 1. The lowest BCUT2D eigenvalue weighted by Gasteiger charge is -2.23. The standard InChI is InChI=1S/C10H21NO4S/c1-5-6-7-8(9(12)13)11-16(14,15)10(2,3)4/h8,11H,5-7H2,1-4H3,(H,12,13)/t8-/m0/s1. The van der Waals surface area contributed by atoms with Crippen LogP contribution in [0, 0.1) is 0 Å². The maximum atomic E-state index is 11.8. The molecule has 0 aromatic carbocycles. The van der Waals surface area contributed by atoms with Crippen LogP contribution in [0.1, 0.15) is 47.0 Å². The normalized spacial score (nSPS) is 14.8. The summed E-state index contributed by atoms with van der Waals surface area (Å²) in [6.45, 7) is 6.54. The predicted octanol–water partition coefficient (Wildman–Crippen LogP) is 1.35. The summed E-state index contributed by atoms with van der Waals surface area (Å²) in [5.41, 5.74) is 0. The van der Waals surface area contributed by atoms with Gasteiger partial charge < -0.3 is 5.11 Å².